The van der Waals surface area contributed by atoms with Gasteiger partial charge in [-0.25, -0.2) is 9.18 Å². The molecule has 0 atom stereocenters. The van der Waals surface area contributed by atoms with Crippen molar-refractivity contribution < 1.29 is 13.9 Å². The number of esters is 1. The van der Waals surface area contributed by atoms with Crippen LogP contribution >= 0.6 is 15.9 Å². The fourth-order valence-corrected chi connectivity index (χ4v) is 1.31. The van der Waals surface area contributed by atoms with Crippen molar-refractivity contribution in [3.63, 3.8) is 0 Å². The zero-order chi connectivity index (χ0) is 10.6. The molecule has 0 bridgehead atoms. The minimum atomic E-state index is -0.457. The number of hydrogen-bond donors (Lipinski definition) is 0. The largest absolute Gasteiger partial charge is 0.466 e. The van der Waals surface area contributed by atoms with E-state index in [1.165, 1.54) is 25.3 Å². The standard InChI is InChI=1S/C10H8BrFO2/c1-14-10(13)6-9(11)7-2-4-8(12)5-3-7/h2-6H,1H3. The van der Waals surface area contributed by atoms with Crippen LogP contribution in [0.25, 0.3) is 4.48 Å². The molecule has 4 heteroatoms. The molecule has 0 spiro atoms. The van der Waals surface area contributed by atoms with Gasteiger partial charge in [0.25, 0.3) is 0 Å². The van der Waals surface area contributed by atoms with Gasteiger partial charge >= 0.3 is 5.97 Å². The van der Waals surface area contributed by atoms with Gasteiger partial charge in [-0.15, -0.1) is 0 Å². The summed E-state index contributed by atoms with van der Waals surface area (Å²) in [6.45, 7) is 0. The van der Waals surface area contributed by atoms with Gasteiger partial charge in [0, 0.05) is 10.6 Å². The Morgan fingerprint density at radius 3 is 2.50 bits per heavy atom. The molecular formula is C10H8BrFO2. The first-order chi connectivity index (χ1) is 6.63. The number of ether oxygens (including phenoxy) is 1. The second-order valence-electron chi connectivity index (χ2n) is 2.52. The summed E-state index contributed by atoms with van der Waals surface area (Å²) in [5.74, 6) is -0.770. The first-order valence-corrected chi connectivity index (χ1v) is 4.64. The van der Waals surface area contributed by atoms with E-state index in [0.29, 0.717) is 4.48 Å². The highest BCUT2D eigenvalue weighted by atomic mass is 79.9. The molecule has 0 radical (unpaired) electrons. The van der Waals surface area contributed by atoms with Crippen molar-refractivity contribution in [2.45, 2.75) is 0 Å². The molecule has 0 amide bonds. The molecule has 0 N–H and O–H groups in total. The summed E-state index contributed by atoms with van der Waals surface area (Å²) < 4.78 is 17.6. The second kappa shape index (κ2) is 4.91. The SMILES string of the molecule is COC(=O)C=C(Br)c1ccc(F)cc1. The lowest BCUT2D eigenvalue weighted by molar-refractivity contribution is -0.134. The Morgan fingerprint density at radius 2 is 2.00 bits per heavy atom. The molecule has 0 aromatic heterocycles. The minimum absolute atomic E-state index is 0.313. The van der Waals surface area contributed by atoms with E-state index in [4.69, 9.17) is 0 Å². The van der Waals surface area contributed by atoms with Crippen LogP contribution in [-0.4, -0.2) is 13.1 Å². The molecule has 0 heterocycles. The predicted octanol–water partition coefficient (Wildman–Crippen LogP) is 2.73. The van der Waals surface area contributed by atoms with E-state index in [2.05, 4.69) is 20.7 Å². The number of rotatable bonds is 2. The lowest BCUT2D eigenvalue weighted by Crippen LogP contribution is -1.94. The topological polar surface area (TPSA) is 26.3 Å². The van der Waals surface area contributed by atoms with Gasteiger partial charge in [0.2, 0.25) is 0 Å². The summed E-state index contributed by atoms with van der Waals surface area (Å²) in [5.41, 5.74) is 0.719. The van der Waals surface area contributed by atoms with Crippen molar-refractivity contribution in [3.05, 3.63) is 41.7 Å². The van der Waals surface area contributed by atoms with E-state index < -0.39 is 5.97 Å². The average molecular weight is 259 g/mol. The molecule has 0 aliphatic carbocycles. The smallest absolute Gasteiger partial charge is 0.331 e. The number of benzene rings is 1. The van der Waals surface area contributed by atoms with E-state index >= 15 is 0 Å². The lowest BCUT2D eigenvalue weighted by atomic mass is 10.2. The fraction of sp³-hybridized carbons (Fsp3) is 0.100. The highest BCUT2D eigenvalue weighted by molar-refractivity contribution is 9.15. The van der Waals surface area contributed by atoms with Crippen molar-refractivity contribution >= 4 is 26.4 Å². The van der Waals surface area contributed by atoms with Crippen LogP contribution in [0.1, 0.15) is 5.56 Å². The Morgan fingerprint density at radius 1 is 1.43 bits per heavy atom. The second-order valence-corrected chi connectivity index (χ2v) is 3.38. The Bertz CT molecular complexity index is 357. The number of halogens is 2. The van der Waals surface area contributed by atoms with Crippen LogP contribution in [0.4, 0.5) is 4.39 Å². The van der Waals surface area contributed by atoms with Crippen molar-refractivity contribution in [2.24, 2.45) is 0 Å². The van der Waals surface area contributed by atoms with Crippen molar-refractivity contribution in [2.75, 3.05) is 7.11 Å². The fourth-order valence-electron chi connectivity index (χ4n) is 0.855. The van der Waals surface area contributed by atoms with Gasteiger partial charge < -0.3 is 4.74 Å². The maximum Gasteiger partial charge on any atom is 0.331 e. The van der Waals surface area contributed by atoms with Gasteiger partial charge in [0.05, 0.1) is 7.11 Å². The summed E-state index contributed by atoms with van der Waals surface area (Å²) in [4.78, 5) is 10.9. The van der Waals surface area contributed by atoms with E-state index in [9.17, 15) is 9.18 Å². The number of methoxy groups -OCH3 is 1. The maximum absolute atomic E-state index is 12.6. The molecule has 2 nitrogen and oxygen atoms in total. The molecule has 0 saturated heterocycles. The Hall–Kier alpha value is -1.16. The average Bonchev–Trinajstić information content (AvgIpc) is 2.18. The molecule has 1 aromatic carbocycles. The van der Waals surface area contributed by atoms with Crippen LogP contribution in [-0.2, 0) is 9.53 Å². The molecular weight excluding hydrogens is 251 g/mol. The van der Waals surface area contributed by atoms with Crippen LogP contribution < -0.4 is 0 Å². The van der Waals surface area contributed by atoms with Gasteiger partial charge in [-0.1, -0.05) is 12.1 Å². The molecule has 1 aromatic rings. The monoisotopic (exact) mass is 258 g/mol. The summed E-state index contributed by atoms with van der Waals surface area (Å²) >= 11 is 3.19. The predicted molar refractivity (Wildman–Crippen MR) is 55.3 cm³/mol. The molecule has 0 saturated carbocycles. The van der Waals surface area contributed by atoms with Gasteiger partial charge in [-0.05, 0) is 33.6 Å². The highest BCUT2D eigenvalue weighted by Crippen LogP contribution is 2.21. The zero-order valence-electron chi connectivity index (χ0n) is 7.46. The number of carbonyl (C=O) groups is 1. The highest BCUT2D eigenvalue weighted by Gasteiger charge is 2.01. The van der Waals surface area contributed by atoms with Crippen LogP contribution in [0.15, 0.2) is 30.3 Å². The lowest BCUT2D eigenvalue weighted by Gasteiger charge is -1.98. The molecule has 0 aliphatic heterocycles. The zero-order valence-corrected chi connectivity index (χ0v) is 9.05. The summed E-state index contributed by atoms with van der Waals surface area (Å²) in [5, 5.41) is 0. The molecule has 14 heavy (non-hydrogen) atoms. The normalized spacial score (nSPS) is 11.2. The van der Waals surface area contributed by atoms with Gasteiger partial charge in [0.1, 0.15) is 5.82 Å². The van der Waals surface area contributed by atoms with Crippen molar-refractivity contribution in [3.8, 4) is 0 Å². The molecule has 0 fully saturated rings. The van der Waals surface area contributed by atoms with Crippen molar-refractivity contribution in [1.82, 2.24) is 0 Å². The first kappa shape index (κ1) is 10.9. The maximum atomic E-state index is 12.6. The number of carbonyl (C=O) groups excluding carboxylic acids is 1. The Labute approximate surface area is 89.5 Å². The quantitative estimate of drug-likeness (QED) is 0.603. The van der Waals surface area contributed by atoms with Crippen LogP contribution in [0.2, 0.25) is 0 Å². The van der Waals surface area contributed by atoms with Gasteiger partial charge in [-0.2, -0.15) is 0 Å². The number of hydrogen-bond acceptors (Lipinski definition) is 2. The van der Waals surface area contributed by atoms with Crippen LogP contribution in [0.5, 0.6) is 0 Å². The third-order valence-corrected chi connectivity index (χ3v) is 2.25. The summed E-state index contributed by atoms with van der Waals surface area (Å²) in [7, 11) is 1.30. The molecule has 1 rings (SSSR count). The van der Waals surface area contributed by atoms with Crippen LogP contribution in [0.3, 0.4) is 0 Å². The van der Waals surface area contributed by atoms with Gasteiger partial charge in [-0.3, -0.25) is 0 Å². The Kier molecular flexibility index (Phi) is 3.83. The first-order valence-electron chi connectivity index (χ1n) is 3.84. The van der Waals surface area contributed by atoms with E-state index in [1.807, 2.05) is 0 Å². The van der Waals surface area contributed by atoms with E-state index in [-0.39, 0.29) is 5.82 Å². The molecule has 74 valence electrons. The van der Waals surface area contributed by atoms with Crippen LogP contribution in [0, 0.1) is 5.82 Å². The van der Waals surface area contributed by atoms with Gasteiger partial charge in [0.15, 0.2) is 0 Å². The summed E-state index contributed by atoms with van der Waals surface area (Å²) in [6.07, 6.45) is 1.28. The van der Waals surface area contributed by atoms with Crippen molar-refractivity contribution in [1.29, 1.82) is 0 Å². The third-order valence-electron chi connectivity index (χ3n) is 1.57. The Balaban J connectivity index is 2.89. The molecule has 0 aliphatic rings. The molecule has 0 unspecified atom stereocenters. The van der Waals surface area contributed by atoms with E-state index in [1.54, 1.807) is 12.1 Å². The minimum Gasteiger partial charge on any atom is -0.466 e. The summed E-state index contributed by atoms with van der Waals surface area (Å²) in [6, 6.07) is 5.78. The third kappa shape index (κ3) is 2.96. The van der Waals surface area contributed by atoms with E-state index in [0.717, 1.165) is 5.56 Å².